The Balaban J connectivity index is 1.97. The molecule has 2 aromatic heterocycles. The Morgan fingerprint density at radius 3 is 2.88 bits per heavy atom. The summed E-state index contributed by atoms with van der Waals surface area (Å²) in [6.07, 6.45) is 3.43. The van der Waals surface area contributed by atoms with Gasteiger partial charge in [-0.05, 0) is 16.5 Å². The van der Waals surface area contributed by atoms with E-state index in [1.807, 2.05) is 0 Å². The molecule has 2 heterocycles. The summed E-state index contributed by atoms with van der Waals surface area (Å²) in [5.41, 5.74) is 5.45. The van der Waals surface area contributed by atoms with E-state index >= 15 is 0 Å². The van der Waals surface area contributed by atoms with Crippen LogP contribution >= 0.6 is 11.8 Å². The van der Waals surface area contributed by atoms with Gasteiger partial charge in [0.2, 0.25) is 5.16 Å². The topological polar surface area (TPSA) is 95.4 Å². The molecule has 0 unspecified atom stereocenters. The van der Waals surface area contributed by atoms with Gasteiger partial charge >= 0.3 is 0 Å². The largest absolute Gasteiger partial charge is 0.329 e. The molecule has 0 bridgehead atoms. The van der Waals surface area contributed by atoms with Crippen molar-refractivity contribution in [2.45, 2.75) is 17.5 Å². The third-order valence-corrected chi connectivity index (χ3v) is 2.74. The quantitative estimate of drug-likeness (QED) is 0.714. The summed E-state index contributed by atoms with van der Waals surface area (Å²) in [7, 11) is 0. The molecule has 0 saturated carbocycles. The molecule has 0 atom stereocenters. The fraction of sp³-hybridized carbons (Fsp3) is 0.375. The van der Waals surface area contributed by atoms with Gasteiger partial charge in [0.15, 0.2) is 0 Å². The molecule has 0 aromatic carbocycles. The fourth-order valence-corrected chi connectivity index (χ4v) is 1.87. The summed E-state index contributed by atoms with van der Waals surface area (Å²) in [6.45, 7) is 1.13. The highest BCUT2D eigenvalue weighted by Gasteiger charge is 2.06. The van der Waals surface area contributed by atoms with Crippen LogP contribution in [0.25, 0.3) is 0 Å². The average Bonchev–Trinajstić information content (AvgIpc) is 2.76. The molecular formula is C8H11N7S. The normalized spacial score (nSPS) is 10.6. The summed E-state index contributed by atoms with van der Waals surface area (Å²) < 4.78 is 1.67. The summed E-state index contributed by atoms with van der Waals surface area (Å²) in [4.78, 5) is 8.24. The number of hydrogen-bond acceptors (Lipinski definition) is 7. The minimum atomic E-state index is 0.514. The molecular weight excluding hydrogens is 226 g/mol. The minimum absolute atomic E-state index is 0.514. The van der Waals surface area contributed by atoms with Crippen molar-refractivity contribution >= 4 is 11.8 Å². The maximum atomic E-state index is 5.45. The maximum absolute atomic E-state index is 5.45. The average molecular weight is 237 g/mol. The summed E-state index contributed by atoms with van der Waals surface area (Å²) >= 11 is 1.49. The van der Waals surface area contributed by atoms with E-state index in [2.05, 4.69) is 25.5 Å². The number of rotatable bonds is 5. The van der Waals surface area contributed by atoms with E-state index in [0.717, 1.165) is 11.0 Å². The van der Waals surface area contributed by atoms with Gasteiger partial charge in [-0.3, -0.25) is 0 Å². The monoisotopic (exact) mass is 237 g/mol. The van der Waals surface area contributed by atoms with Crippen molar-refractivity contribution in [3.8, 4) is 0 Å². The first-order chi connectivity index (χ1) is 7.90. The van der Waals surface area contributed by atoms with Crippen molar-refractivity contribution in [1.29, 1.82) is 0 Å². The van der Waals surface area contributed by atoms with Crippen LogP contribution in [0.5, 0.6) is 0 Å². The first-order valence-corrected chi connectivity index (χ1v) is 5.73. The lowest BCUT2D eigenvalue weighted by molar-refractivity contribution is 0.557. The molecule has 2 aromatic rings. The van der Waals surface area contributed by atoms with Crippen LogP contribution in [-0.2, 0) is 12.3 Å². The van der Waals surface area contributed by atoms with Gasteiger partial charge in [-0.15, -0.1) is 5.10 Å². The number of nitrogens with two attached hydrogens (primary N) is 1. The van der Waals surface area contributed by atoms with E-state index in [1.165, 1.54) is 11.8 Å². The molecule has 2 rings (SSSR count). The number of thioether (sulfide) groups is 1. The molecule has 84 valence electrons. The van der Waals surface area contributed by atoms with E-state index in [0.29, 0.717) is 18.8 Å². The van der Waals surface area contributed by atoms with Crippen LogP contribution in [0, 0.1) is 0 Å². The predicted molar refractivity (Wildman–Crippen MR) is 58.5 cm³/mol. The molecule has 0 radical (unpaired) electrons. The Kier molecular flexibility index (Phi) is 3.78. The zero-order valence-electron chi connectivity index (χ0n) is 8.52. The smallest absolute Gasteiger partial charge is 0.209 e. The molecule has 0 spiro atoms. The highest BCUT2D eigenvalue weighted by molar-refractivity contribution is 7.98. The zero-order valence-corrected chi connectivity index (χ0v) is 9.34. The standard InChI is InChI=1S/C8H11N7S/c9-2-5-15-8(12-13-14-15)16-6-7-10-3-1-4-11-7/h1,3-4H,2,5-6,9H2. The van der Waals surface area contributed by atoms with Gasteiger partial charge in [0.1, 0.15) is 5.82 Å². The third-order valence-electron chi connectivity index (χ3n) is 1.79. The molecule has 0 aliphatic carbocycles. The molecule has 0 amide bonds. The highest BCUT2D eigenvalue weighted by atomic mass is 32.2. The number of aromatic nitrogens is 6. The SMILES string of the molecule is NCCn1nnnc1SCc1ncccn1. The van der Waals surface area contributed by atoms with Gasteiger partial charge in [0.05, 0.1) is 12.3 Å². The second-order valence-corrected chi connectivity index (χ2v) is 3.87. The zero-order chi connectivity index (χ0) is 11.2. The first-order valence-electron chi connectivity index (χ1n) is 4.75. The van der Waals surface area contributed by atoms with E-state index in [4.69, 9.17) is 5.73 Å². The van der Waals surface area contributed by atoms with Gasteiger partial charge < -0.3 is 5.73 Å². The van der Waals surface area contributed by atoms with Crippen LogP contribution in [0.4, 0.5) is 0 Å². The lowest BCUT2D eigenvalue weighted by Gasteiger charge is -2.01. The van der Waals surface area contributed by atoms with Gasteiger partial charge in [-0.25, -0.2) is 14.6 Å². The fourth-order valence-electron chi connectivity index (χ4n) is 1.10. The van der Waals surface area contributed by atoms with Crippen LogP contribution in [-0.4, -0.2) is 36.7 Å². The van der Waals surface area contributed by atoms with Gasteiger partial charge in [0.25, 0.3) is 0 Å². The van der Waals surface area contributed by atoms with E-state index in [-0.39, 0.29) is 0 Å². The molecule has 0 aliphatic heterocycles. The van der Waals surface area contributed by atoms with Crippen LogP contribution < -0.4 is 5.73 Å². The second-order valence-electron chi connectivity index (χ2n) is 2.93. The van der Waals surface area contributed by atoms with Crippen LogP contribution in [0.2, 0.25) is 0 Å². The number of hydrogen-bond donors (Lipinski definition) is 1. The lowest BCUT2D eigenvalue weighted by atomic mass is 10.6. The van der Waals surface area contributed by atoms with Gasteiger partial charge in [0, 0.05) is 18.9 Å². The predicted octanol–water partition coefficient (Wildman–Crippen LogP) is -0.286. The summed E-state index contributed by atoms with van der Waals surface area (Å²) in [5.74, 6) is 1.40. The Labute approximate surface area is 96.5 Å². The van der Waals surface area contributed by atoms with Crippen molar-refractivity contribution in [2.24, 2.45) is 5.73 Å². The van der Waals surface area contributed by atoms with Crippen molar-refractivity contribution in [2.75, 3.05) is 6.54 Å². The molecule has 0 aliphatic rings. The van der Waals surface area contributed by atoms with Crippen LogP contribution in [0.3, 0.4) is 0 Å². The molecule has 0 fully saturated rings. The van der Waals surface area contributed by atoms with Crippen molar-refractivity contribution in [3.05, 3.63) is 24.3 Å². The Bertz CT molecular complexity index is 429. The molecule has 2 N–H and O–H groups in total. The highest BCUT2D eigenvalue weighted by Crippen LogP contribution is 2.16. The molecule has 16 heavy (non-hydrogen) atoms. The van der Waals surface area contributed by atoms with E-state index in [1.54, 1.807) is 23.1 Å². The Hall–Kier alpha value is -1.54. The van der Waals surface area contributed by atoms with Crippen molar-refractivity contribution < 1.29 is 0 Å². The second kappa shape index (κ2) is 5.52. The van der Waals surface area contributed by atoms with E-state index < -0.39 is 0 Å². The van der Waals surface area contributed by atoms with Crippen LogP contribution in [0.1, 0.15) is 5.82 Å². The first kappa shape index (κ1) is 11.0. The van der Waals surface area contributed by atoms with Crippen molar-refractivity contribution in [3.63, 3.8) is 0 Å². The van der Waals surface area contributed by atoms with Gasteiger partial charge in [-0.2, -0.15) is 0 Å². The summed E-state index contributed by atoms with van der Waals surface area (Å²) in [5, 5.41) is 12.1. The number of tetrazole rings is 1. The molecule has 7 nitrogen and oxygen atoms in total. The molecule has 8 heteroatoms. The van der Waals surface area contributed by atoms with E-state index in [9.17, 15) is 0 Å². The number of nitrogens with zero attached hydrogens (tertiary/aromatic N) is 6. The van der Waals surface area contributed by atoms with Crippen LogP contribution in [0.15, 0.2) is 23.6 Å². The lowest BCUT2D eigenvalue weighted by Crippen LogP contribution is -2.12. The maximum Gasteiger partial charge on any atom is 0.209 e. The van der Waals surface area contributed by atoms with Gasteiger partial charge in [-0.1, -0.05) is 11.8 Å². The Morgan fingerprint density at radius 2 is 2.12 bits per heavy atom. The van der Waals surface area contributed by atoms with Crippen molar-refractivity contribution in [1.82, 2.24) is 30.2 Å². The minimum Gasteiger partial charge on any atom is -0.329 e. The molecule has 0 saturated heterocycles. The third kappa shape index (κ3) is 2.74. The Morgan fingerprint density at radius 1 is 1.31 bits per heavy atom. The summed E-state index contributed by atoms with van der Waals surface area (Å²) in [6, 6.07) is 1.78.